The quantitative estimate of drug-likeness (QED) is 0.205. The Kier molecular flexibility index (Phi) is 9.47. The van der Waals surface area contributed by atoms with Crippen LogP contribution in [0.4, 0.5) is 5.95 Å². The normalized spacial score (nSPS) is 13.8. The monoisotopic (exact) mass is 639 g/mol. The Balaban J connectivity index is 1.86. The van der Waals surface area contributed by atoms with Crippen molar-refractivity contribution in [2.24, 2.45) is 0 Å². The van der Waals surface area contributed by atoms with E-state index in [-0.39, 0.29) is 16.8 Å². The van der Waals surface area contributed by atoms with Gasteiger partial charge in [0.1, 0.15) is 28.5 Å². The molecule has 0 bridgehead atoms. The van der Waals surface area contributed by atoms with Gasteiger partial charge in [0.05, 0.1) is 14.2 Å². The second kappa shape index (κ2) is 12.6. The first-order valence-corrected chi connectivity index (χ1v) is 18.6. The van der Waals surface area contributed by atoms with E-state index in [9.17, 15) is 8.42 Å². The molecule has 0 saturated carbocycles. The molecule has 12 nitrogen and oxygen atoms in total. The summed E-state index contributed by atoms with van der Waals surface area (Å²) in [6, 6.07) is 7.15. The molecule has 0 unspecified atom stereocenters. The van der Waals surface area contributed by atoms with Crippen LogP contribution in [0.1, 0.15) is 50.8 Å². The third-order valence-electron chi connectivity index (χ3n) is 7.85. The molecule has 14 heteroatoms. The van der Waals surface area contributed by atoms with Gasteiger partial charge in [-0.05, 0) is 68.2 Å². The van der Waals surface area contributed by atoms with Gasteiger partial charge in [0.2, 0.25) is 16.0 Å². The Morgan fingerprint density at radius 3 is 2.09 bits per heavy atom. The second-order valence-electron chi connectivity index (χ2n) is 12.2. The highest BCUT2D eigenvalue weighted by atomic mass is 32.2. The maximum absolute atomic E-state index is 14.2. The first kappa shape index (κ1) is 33.0. The molecule has 0 spiro atoms. The number of nitrogens with one attached hydrogen (secondary N) is 1. The first-order valence-electron chi connectivity index (χ1n) is 14.2. The van der Waals surface area contributed by atoms with Crippen molar-refractivity contribution >= 4 is 24.3 Å². The van der Waals surface area contributed by atoms with Crippen molar-refractivity contribution in [1.82, 2.24) is 29.7 Å². The molecule has 0 radical (unpaired) electrons. The van der Waals surface area contributed by atoms with Crippen LogP contribution in [0.5, 0.6) is 11.5 Å². The van der Waals surface area contributed by atoms with Crippen LogP contribution >= 0.6 is 0 Å². The van der Waals surface area contributed by atoms with Crippen molar-refractivity contribution in [2.75, 3.05) is 18.9 Å². The van der Waals surface area contributed by atoms with Crippen molar-refractivity contribution in [1.29, 1.82) is 0 Å². The van der Waals surface area contributed by atoms with Crippen LogP contribution in [-0.4, -0.2) is 65.9 Å². The number of methoxy groups -OCH3 is 2. The standard InChI is InChI=1S/C30H41N7O5SSi/c1-19-14-22(18-31-15-19)28-34-35-29(37(28)25-23(40-7)12-11-13-24(25)41-8)36-43(38,39)21(3)26(27-32-16-20(2)17-33-27)42-44(9,10)30(4,5)6/h11-18,21,26H,1-10H3,(H,35,36)/t21-,26+/m0/s1. The van der Waals surface area contributed by atoms with Crippen molar-refractivity contribution in [3.05, 3.63) is 66.0 Å². The molecule has 44 heavy (non-hydrogen) atoms. The topological polar surface area (TPSA) is 143 Å². The Labute approximate surface area is 260 Å². The fourth-order valence-electron chi connectivity index (χ4n) is 4.26. The fraction of sp³-hybridized carbons (Fsp3) is 0.433. The summed E-state index contributed by atoms with van der Waals surface area (Å²) in [5, 5.41) is 7.38. The van der Waals surface area contributed by atoms with Gasteiger partial charge in [-0.15, -0.1) is 10.2 Å². The zero-order valence-corrected chi connectivity index (χ0v) is 28.7. The zero-order valence-electron chi connectivity index (χ0n) is 26.9. The third kappa shape index (κ3) is 6.76. The molecule has 3 aromatic heterocycles. The van der Waals surface area contributed by atoms with E-state index in [0.717, 1.165) is 11.1 Å². The number of rotatable bonds is 11. The number of aromatic nitrogens is 6. The molecule has 236 valence electrons. The summed E-state index contributed by atoms with van der Waals surface area (Å²) in [5.41, 5.74) is 2.78. The summed E-state index contributed by atoms with van der Waals surface area (Å²) >= 11 is 0. The number of ether oxygens (including phenoxy) is 2. The minimum absolute atomic E-state index is 0.0629. The van der Waals surface area contributed by atoms with Gasteiger partial charge in [-0.25, -0.2) is 18.4 Å². The SMILES string of the molecule is COc1cccc(OC)c1-n1c(NS(=O)(=O)[C@@H](C)[C@@H](O[Si](C)(C)C(C)(C)C)c2ncc(C)cn2)nnc1-c1cncc(C)c1. The number of sulfonamides is 1. The minimum Gasteiger partial charge on any atom is -0.494 e. The molecule has 1 aromatic carbocycles. The van der Waals surface area contributed by atoms with Crippen molar-refractivity contribution in [3.63, 3.8) is 0 Å². The van der Waals surface area contributed by atoms with Gasteiger partial charge in [-0.3, -0.25) is 14.3 Å². The van der Waals surface area contributed by atoms with Crippen LogP contribution < -0.4 is 14.2 Å². The molecule has 3 heterocycles. The van der Waals surface area contributed by atoms with E-state index < -0.39 is 29.7 Å². The van der Waals surface area contributed by atoms with E-state index >= 15 is 0 Å². The number of hydrogen-bond acceptors (Lipinski definition) is 10. The zero-order chi connectivity index (χ0) is 32.4. The highest BCUT2D eigenvalue weighted by molar-refractivity contribution is 7.93. The van der Waals surface area contributed by atoms with Crippen LogP contribution in [0.2, 0.25) is 18.1 Å². The predicted octanol–water partition coefficient (Wildman–Crippen LogP) is 5.65. The van der Waals surface area contributed by atoms with Gasteiger partial charge in [0.15, 0.2) is 20.0 Å². The van der Waals surface area contributed by atoms with Gasteiger partial charge >= 0.3 is 0 Å². The highest BCUT2D eigenvalue weighted by Gasteiger charge is 2.44. The third-order valence-corrected chi connectivity index (χ3v) is 14.0. The lowest BCUT2D eigenvalue weighted by Crippen LogP contribution is -2.45. The number of benzene rings is 1. The number of aryl methyl sites for hydroxylation is 2. The molecule has 0 aliphatic rings. The lowest BCUT2D eigenvalue weighted by Gasteiger charge is -2.40. The fourth-order valence-corrected chi connectivity index (χ4v) is 6.74. The number of anilines is 1. The molecular formula is C30H41N7O5SSi. The Hall–Kier alpha value is -3.88. The van der Waals surface area contributed by atoms with Gasteiger partial charge in [-0.2, -0.15) is 0 Å². The van der Waals surface area contributed by atoms with Crippen molar-refractivity contribution < 1.29 is 22.3 Å². The average Bonchev–Trinajstić information content (AvgIpc) is 3.37. The summed E-state index contributed by atoms with van der Waals surface area (Å²) in [6.45, 7) is 15.8. The van der Waals surface area contributed by atoms with Gasteiger partial charge < -0.3 is 13.9 Å². The van der Waals surface area contributed by atoms with Crippen LogP contribution in [0.15, 0.2) is 49.1 Å². The second-order valence-corrected chi connectivity index (χ2v) is 19.0. The van der Waals surface area contributed by atoms with E-state index in [0.29, 0.717) is 28.6 Å². The molecule has 2 atom stereocenters. The lowest BCUT2D eigenvalue weighted by atomic mass is 10.2. The summed E-state index contributed by atoms with van der Waals surface area (Å²) in [6.07, 6.45) is 5.71. The maximum Gasteiger partial charge on any atom is 0.243 e. The Bertz CT molecular complexity index is 1700. The molecule has 0 saturated heterocycles. The number of nitrogens with zero attached hydrogens (tertiary/aromatic N) is 6. The number of hydrogen-bond donors (Lipinski definition) is 1. The predicted molar refractivity (Wildman–Crippen MR) is 172 cm³/mol. The summed E-state index contributed by atoms with van der Waals surface area (Å²) < 4.78 is 50.7. The summed E-state index contributed by atoms with van der Waals surface area (Å²) in [7, 11) is -3.62. The molecular weight excluding hydrogens is 599 g/mol. The highest BCUT2D eigenvalue weighted by Crippen LogP contribution is 2.42. The van der Waals surface area contributed by atoms with E-state index in [1.807, 2.05) is 19.9 Å². The van der Waals surface area contributed by atoms with Gasteiger partial charge in [0.25, 0.3) is 0 Å². The summed E-state index contributed by atoms with van der Waals surface area (Å²) in [4.78, 5) is 13.2. The Morgan fingerprint density at radius 1 is 0.932 bits per heavy atom. The minimum atomic E-state index is -4.19. The average molecular weight is 640 g/mol. The molecule has 0 aliphatic heterocycles. The summed E-state index contributed by atoms with van der Waals surface area (Å²) in [5.74, 6) is 1.41. The molecule has 0 amide bonds. The maximum atomic E-state index is 14.2. The largest absolute Gasteiger partial charge is 0.494 e. The lowest BCUT2D eigenvalue weighted by molar-refractivity contribution is 0.172. The molecule has 0 fully saturated rings. The number of para-hydroxylation sites is 1. The van der Waals surface area contributed by atoms with E-state index in [4.69, 9.17) is 13.9 Å². The van der Waals surface area contributed by atoms with E-state index in [1.54, 1.807) is 54.5 Å². The first-order chi connectivity index (χ1) is 20.6. The van der Waals surface area contributed by atoms with E-state index in [1.165, 1.54) is 14.2 Å². The smallest absolute Gasteiger partial charge is 0.243 e. The van der Waals surface area contributed by atoms with Crippen LogP contribution in [-0.2, 0) is 14.4 Å². The van der Waals surface area contributed by atoms with Gasteiger partial charge in [-0.1, -0.05) is 26.8 Å². The van der Waals surface area contributed by atoms with E-state index in [2.05, 4.69) is 63.7 Å². The van der Waals surface area contributed by atoms with Crippen molar-refractivity contribution in [3.8, 4) is 28.6 Å². The molecule has 4 aromatic rings. The Morgan fingerprint density at radius 2 is 1.55 bits per heavy atom. The van der Waals surface area contributed by atoms with Gasteiger partial charge in [0, 0.05) is 30.4 Å². The molecule has 4 rings (SSSR count). The van der Waals surface area contributed by atoms with Crippen LogP contribution in [0.25, 0.3) is 17.1 Å². The van der Waals surface area contributed by atoms with Crippen LogP contribution in [0, 0.1) is 13.8 Å². The van der Waals surface area contributed by atoms with Crippen molar-refractivity contribution in [2.45, 2.75) is 71.0 Å². The molecule has 0 aliphatic carbocycles. The van der Waals surface area contributed by atoms with Crippen LogP contribution in [0.3, 0.4) is 0 Å². The molecule has 1 N–H and O–H groups in total. The number of pyridine rings is 1.